The molecule has 2 N–H and O–H groups in total. The highest BCUT2D eigenvalue weighted by atomic mass is 32.1. The zero-order valence-electron chi connectivity index (χ0n) is 10.9. The van der Waals surface area contributed by atoms with Gasteiger partial charge in [0.2, 0.25) is 0 Å². The van der Waals surface area contributed by atoms with Crippen LogP contribution in [0.15, 0.2) is 30.3 Å². The van der Waals surface area contributed by atoms with Crippen molar-refractivity contribution in [3.8, 4) is 0 Å². The van der Waals surface area contributed by atoms with E-state index in [1.807, 2.05) is 44.2 Å². The van der Waals surface area contributed by atoms with E-state index in [1.165, 1.54) is 0 Å². The van der Waals surface area contributed by atoms with E-state index in [2.05, 4.69) is 10.6 Å². The molecule has 0 fully saturated rings. The van der Waals surface area contributed by atoms with Crippen LogP contribution in [0.3, 0.4) is 0 Å². The topological polar surface area (TPSA) is 41.1 Å². The lowest BCUT2D eigenvalue weighted by Crippen LogP contribution is -2.29. The molecule has 0 unspecified atom stereocenters. The third-order valence-electron chi connectivity index (χ3n) is 2.56. The molecule has 0 heterocycles. The van der Waals surface area contributed by atoms with Gasteiger partial charge in [0.25, 0.3) is 0 Å². The van der Waals surface area contributed by atoms with E-state index in [9.17, 15) is 4.79 Å². The summed E-state index contributed by atoms with van der Waals surface area (Å²) in [5.74, 6) is 0.429. The molecule has 1 aromatic rings. The fourth-order valence-corrected chi connectivity index (χ4v) is 1.67. The maximum atomic E-state index is 11.4. The Hall–Kier alpha value is -1.42. The second-order valence-electron chi connectivity index (χ2n) is 4.47. The molecule has 0 aromatic heterocycles. The number of Topliss-reactive ketones (excluding diaryl/α,β-unsaturated/α-hetero) is 1. The standard InChI is InChI=1S/C14H20N2OS/c1-11(2)13(17)9-6-10-15-14(18)16-12-7-4-3-5-8-12/h3-5,7-8,11H,6,9-10H2,1-2H3,(H2,15,16,18). The monoisotopic (exact) mass is 264 g/mol. The zero-order chi connectivity index (χ0) is 13.4. The minimum atomic E-state index is 0.124. The first-order valence-corrected chi connectivity index (χ1v) is 6.63. The van der Waals surface area contributed by atoms with Crippen LogP contribution < -0.4 is 10.6 Å². The molecular weight excluding hydrogens is 244 g/mol. The lowest BCUT2D eigenvalue weighted by atomic mass is 10.1. The van der Waals surface area contributed by atoms with Gasteiger partial charge in [0.05, 0.1) is 0 Å². The van der Waals surface area contributed by atoms with E-state index in [-0.39, 0.29) is 5.92 Å². The highest BCUT2D eigenvalue weighted by Crippen LogP contribution is 2.04. The molecule has 1 aromatic carbocycles. The van der Waals surface area contributed by atoms with Crippen molar-refractivity contribution in [3.63, 3.8) is 0 Å². The molecule has 0 spiro atoms. The van der Waals surface area contributed by atoms with Gasteiger partial charge in [0, 0.05) is 24.6 Å². The zero-order valence-corrected chi connectivity index (χ0v) is 11.7. The maximum absolute atomic E-state index is 11.4. The number of thiocarbonyl (C=S) groups is 1. The van der Waals surface area contributed by atoms with Crippen molar-refractivity contribution < 1.29 is 4.79 Å². The van der Waals surface area contributed by atoms with Crippen LogP contribution in [0, 0.1) is 5.92 Å². The Labute approximate surface area is 114 Å². The number of carbonyl (C=O) groups excluding carboxylic acids is 1. The van der Waals surface area contributed by atoms with Gasteiger partial charge in [0.1, 0.15) is 5.78 Å². The highest BCUT2D eigenvalue weighted by Gasteiger charge is 2.06. The number of rotatable bonds is 6. The molecule has 4 heteroatoms. The molecular formula is C14H20N2OS. The van der Waals surface area contributed by atoms with Gasteiger partial charge in [0.15, 0.2) is 5.11 Å². The molecule has 0 aliphatic heterocycles. The lowest BCUT2D eigenvalue weighted by molar-refractivity contribution is -0.121. The highest BCUT2D eigenvalue weighted by molar-refractivity contribution is 7.80. The Kier molecular flexibility index (Phi) is 6.36. The van der Waals surface area contributed by atoms with Crippen LogP contribution in [0.25, 0.3) is 0 Å². The Morgan fingerprint density at radius 1 is 1.28 bits per heavy atom. The van der Waals surface area contributed by atoms with Crippen molar-refractivity contribution in [1.29, 1.82) is 0 Å². The molecule has 0 bridgehead atoms. The van der Waals surface area contributed by atoms with E-state index in [1.54, 1.807) is 0 Å². The van der Waals surface area contributed by atoms with Gasteiger partial charge in [-0.1, -0.05) is 32.0 Å². The van der Waals surface area contributed by atoms with Gasteiger partial charge in [-0.3, -0.25) is 4.79 Å². The number of ketones is 1. The summed E-state index contributed by atoms with van der Waals surface area (Å²) in [4.78, 5) is 11.4. The Morgan fingerprint density at radius 3 is 2.56 bits per heavy atom. The Balaban J connectivity index is 2.16. The lowest BCUT2D eigenvalue weighted by Gasteiger charge is -2.10. The van der Waals surface area contributed by atoms with Crippen LogP contribution in [0.2, 0.25) is 0 Å². The fraction of sp³-hybridized carbons (Fsp3) is 0.429. The summed E-state index contributed by atoms with van der Waals surface area (Å²) in [6, 6.07) is 9.77. The SMILES string of the molecule is CC(C)C(=O)CCCNC(=S)Nc1ccccc1. The predicted molar refractivity (Wildman–Crippen MR) is 79.7 cm³/mol. The van der Waals surface area contributed by atoms with Crippen LogP contribution >= 0.6 is 12.2 Å². The number of para-hydroxylation sites is 1. The summed E-state index contributed by atoms with van der Waals surface area (Å²) >= 11 is 5.16. The molecule has 0 saturated carbocycles. The van der Waals surface area contributed by atoms with E-state index >= 15 is 0 Å². The number of nitrogens with one attached hydrogen (secondary N) is 2. The number of benzene rings is 1. The molecule has 0 aliphatic carbocycles. The summed E-state index contributed by atoms with van der Waals surface area (Å²) in [6.45, 7) is 4.58. The van der Waals surface area contributed by atoms with E-state index in [0.29, 0.717) is 17.3 Å². The Bertz CT molecular complexity index is 390. The molecule has 3 nitrogen and oxygen atoms in total. The van der Waals surface area contributed by atoms with E-state index < -0.39 is 0 Å². The van der Waals surface area contributed by atoms with Crippen LogP contribution in [-0.2, 0) is 4.79 Å². The average Bonchev–Trinajstić information content (AvgIpc) is 2.35. The largest absolute Gasteiger partial charge is 0.362 e. The predicted octanol–water partition coefficient (Wildman–Crippen LogP) is 2.98. The quantitative estimate of drug-likeness (QED) is 0.612. The van der Waals surface area contributed by atoms with E-state index in [0.717, 1.165) is 18.7 Å². The number of hydrogen-bond donors (Lipinski definition) is 2. The summed E-state index contributed by atoms with van der Waals surface area (Å²) in [5.41, 5.74) is 0.966. The maximum Gasteiger partial charge on any atom is 0.170 e. The normalized spacial score (nSPS) is 10.2. The van der Waals surface area contributed by atoms with Gasteiger partial charge in [-0.05, 0) is 30.8 Å². The average molecular weight is 264 g/mol. The molecule has 0 radical (unpaired) electrons. The third-order valence-corrected chi connectivity index (χ3v) is 2.81. The van der Waals surface area contributed by atoms with Gasteiger partial charge >= 0.3 is 0 Å². The summed E-state index contributed by atoms with van der Waals surface area (Å²) < 4.78 is 0. The first-order valence-electron chi connectivity index (χ1n) is 6.22. The summed E-state index contributed by atoms with van der Waals surface area (Å²) in [5, 5.41) is 6.78. The molecule has 0 saturated heterocycles. The Morgan fingerprint density at radius 2 is 1.94 bits per heavy atom. The van der Waals surface area contributed by atoms with Crippen LogP contribution in [-0.4, -0.2) is 17.4 Å². The minimum Gasteiger partial charge on any atom is -0.362 e. The first-order chi connectivity index (χ1) is 8.59. The van der Waals surface area contributed by atoms with Crippen molar-refractivity contribution in [2.75, 3.05) is 11.9 Å². The van der Waals surface area contributed by atoms with Crippen molar-refractivity contribution in [2.24, 2.45) is 5.92 Å². The summed E-state index contributed by atoms with van der Waals surface area (Å²) in [7, 11) is 0. The number of carbonyl (C=O) groups is 1. The van der Waals surface area contributed by atoms with Crippen LogP contribution in [0.1, 0.15) is 26.7 Å². The van der Waals surface area contributed by atoms with Crippen molar-refractivity contribution in [1.82, 2.24) is 5.32 Å². The van der Waals surface area contributed by atoms with E-state index in [4.69, 9.17) is 12.2 Å². The number of anilines is 1. The van der Waals surface area contributed by atoms with Gasteiger partial charge < -0.3 is 10.6 Å². The summed E-state index contributed by atoms with van der Waals surface area (Å²) in [6.07, 6.45) is 1.42. The van der Waals surface area contributed by atoms with Crippen molar-refractivity contribution in [3.05, 3.63) is 30.3 Å². The molecule has 98 valence electrons. The second kappa shape index (κ2) is 7.82. The van der Waals surface area contributed by atoms with Crippen molar-refractivity contribution >= 4 is 28.8 Å². The second-order valence-corrected chi connectivity index (χ2v) is 4.88. The third kappa shape index (κ3) is 5.77. The fourth-order valence-electron chi connectivity index (χ4n) is 1.45. The first kappa shape index (κ1) is 14.6. The smallest absolute Gasteiger partial charge is 0.170 e. The van der Waals surface area contributed by atoms with Gasteiger partial charge in [-0.15, -0.1) is 0 Å². The van der Waals surface area contributed by atoms with Crippen molar-refractivity contribution in [2.45, 2.75) is 26.7 Å². The number of hydrogen-bond acceptors (Lipinski definition) is 2. The van der Waals surface area contributed by atoms with Gasteiger partial charge in [-0.2, -0.15) is 0 Å². The molecule has 0 aliphatic rings. The van der Waals surface area contributed by atoms with Crippen LogP contribution in [0.4, 0.5) is 5.69 Å². The van der Waals surface area contributed by atoms with Gasteiger partial charge in [-0.25, -0.2) is 0 Å². The molecule has 18 heavy (non-hydrogen) atoms. The van der Waals surface area contributed by atoms with Crippen LogP contribution in [0.5, 0.6) is 0 Å². The molecule has 0 atom stereocenters. The minimum absolute atomic E-state index is 0.124. The molecule has 1 rings (SSSR count). The molecule has 0 amide bonds.